The minimum atomic E-state index is -0.446. The molecule has 0 bridgehead atoms. The fourth-order valence-corrected chi connectivity index (χ4v) is 1.84. The summed E-state index contributed by atoms with van der Waals surface area (Å²) in [6, 6.07) is 0. The maximum atomic E-state index is 10.5. The van der Waals surface area contributed by atoms with Gasteiger partial charge in [-0.3, -0.25) is 9.69 Å². The lowest BCUT2D eigenvalue weighted by molar-refractivity contribution is 0.181. The van der Waals surface area contributed by atoms with Gasteiger partial charge in [0.2, 0.25) is 0 Å². The standard InChI is InChI=1S/C13H28BN3O2/c1-16(2)9-10-17(11-12-18)8-6-4-3-5-7-15-13(14)19/h18H,3-12H2,1-2H3,(H,15,19). The largest absolute Gasteiger partial charge is 0.395 e. The molecule has 0 heterocycles. The van der Waals surface area contributed by atoms with Gasteiger partial charge in [0.15, 0.2) is 13.7 Å². The van der Waals surface area contributed by atoms with Crippen molar-refractivity contribution in [3.05, 3.63) is 0 Å². The number of aliphatic hydroxyl groups is 1. The van der Waals surface area contributed by atoms with Crippen LogP contribution >= 0.6 is 0 Å². The highest BCUT2D eigenvalue weighted by Gasteiger charge is 2.04. The van der Waals surface area contributed by atoms with Crippen molar-refractivity contribution >= 4 is 13.7 Å². The Bertz CT molecular complexity index is 228. The number of aliphatic hydroxyl groups excluding tert-OH is 1. The van der Waals surface area contributed by atoms with Gasteiger partial charge in [-0.25, -0.2) is 0 Å². The maximum Gasteiger partial charge on any atom is 0.200 e. The van der Waals surface area contributed by atoms with Crippen molar-refractivity contribution in [2.24, 2.45) is 0 Å². The van der Waals surface area contributed by atoms with E-state index < -0.39 is 5.81 Å². The molecule has 0 rings (SSSR count). The first-order chi connectivity index (χ1) is 9.06. The number of unbranched alkanes of at least 4 members (excludes halogenated alkanes) is 3. The molecule has 2 radical (unpaired) electrons. The Morgan fingerprint density at radius 1 is 1.05 bits per heavy atom. The molecule has 0 aromatic carbocycles. The van der Waals surface area contributed by atoms with Crippen molar-refractivity contribution in [1.29, 1.82) is 0 Å². The van der Waals surface area contributed by atoms with E-state index in [1.807, 2.05) is 0 Å². The van der Waals surface area contributed by atoms with Gasteiger partial charge in [0.05, 0.1) is 6.61 Å². The van der Waals surface area contributed by atoms with E-state index in [1.165, 1.54) is 0 Å². The minimum Gasteiger partial charge on any atom is -0.395 e. The van der Waals surface area contributed by atoms with Gasteiger partial charge in [0, 0.05) is 26.2 Å². The molecule has 2 N–H and O–H groups in total. The molecule has 0 aromatic heterocycles. The second-order valence-electron chi connectivity index (χ2n) is 5.07. The first-order valence-electron chi connectivity index (χ1n) is 7.07. The van der Waals surface area contributed by atoms with Crippen LogP contribution in [0.2, 0.25) is 0 Å². The Morgan fingerprint density at radius 3 is 2.32 bits per heavy atom. The average molecular weight is 269 g/mol. The molecule has 0 aliphatic heterocycles. The minimum absolute atomic E-state index is 0.218. The summed E-state index contributed by atoms with van der Waals surface area (Å²) in [6.07, 6.45) is 4.34. The predicted molar refractivity (Wildman–Crippen MR) is 79.7 cm³/mol. The molecule has 0 fully saturated rings. The molecular formula is C13H28BN3O2. The smallest absolute Gasteiger partial charge is 0.200 e. The Labute approximate surface area is 118 Å². The molecule has 0 aliphatic rings. The van der Waals surface area contributed by atoms with E-state index >= 15 is 0 Å². The summed E-state index contributed by atoms with van der Waals surface area (Å²) in [6.45, 7) is 4.67. The number of carbonyl (C=O) groups is 1. The van der Waals surface area contributed by atoms with Crippen molar-refractivity contribution in [3.63, 3.8) is 0 Å². The van der Waals surface area contributed by atoms with E-state index in [2.05, 4.69) is 29.2 Å². The van der Waals surface area contributed by atoms with Crippen molar-refractivity contribution in [2.45, 2.75) is 25.7 Å². The van der Waals surface area contributed by atoms with Gasteiger partial charge in [0.1, 0.15) is 0 Å². The fourth-order valence-electron chi connectivity index (χ4n) is 1.84. The molecule has 0 spiro atoms. The number of amides is 1. The maximum absolute atomic E-state index is 10.5. The van der Waals surface area contributed by atoms with Crippen LogP contribution in [0.15, 0.2) is 0 Å². The Morgan fingerprint density at radius 2 is 1.74 bits per heavy atom. The zero-order chi connectivity index (χ0) is 14.5. The summed E-state index contributed by atoms with van der Waals surface area (Å²) >= 11 is 0. The van der Waals surface area contributed by atoms with Crippen molar-refractivity contribution in [3.8, 4) is 0 Å². The van der Waals surface area contributed by atoms with Crippen LogP contribution in [-0.4, -0.2) is 82.0 Å². The number of hydrogen-bond donors (Lipinski definition) is 2. The Kier molecular flexibility index (Phi) is 12.1. The van der Waals surface area contributed by atoms with E-state index in [9.17, 15) is 4.79 Å². The number of likely N-dealkylation sites (N-methyl/N-ethyl adjacent to an activating group) is 1. The summed E-state index contributed by atoms with van der Waals surface area (Å²) in [5.74, 6) is -0.446. The monoisotopic (exact) mass is 269 g/mol. The lowest BCUT2D eigenvalue weighted by atomic mass is 10.1. The topological polar surface area (TPSA) is 55.8 Å². The molecule has 0 saturated carbocycles. The third-order valence-corrected chi connectivity index (χ3v) is 2.98. The third-order valence-electron chi connectivity index (χ3n) is 2.98. The van der Waals surface area contributed by atoms with Crippen molar-refractivity contribution < 1.29 is 9.90 Å². The second kappa shape index (κ2) is 12.4. The summed E-state index contributed by atoms with van der Waals surface area (Å²) in [5, 5.41) is 11.6. The number of carbonyl (C=O) groups excluding carboxylic acids is 1. The van der Waals surface area contributed by atoms with Gasteiger partial charge in [-0.1, -0.05) is 12.8 Å². The number of rotatable bonds is 12. The molecule has 0 unspecified atom stereocenters. The highest BCUT2D eigenvalue weighted by molar-refractivity contribution is 6.57. The number of nitrogens with zero attached hydrogens (tertiary/aromatic N) is 2. The quantitative estimate of drug-likeness (QED) is 0.395. The van der Waals surface area contributed by atoms with E-state index in [4.69, 9.17) is 13.0 Å². The number of nitrogens with one attached hydrogen (secondary N) is 1. The molecule has 0 aliphatic carbocycles. The normalized spacial score (nSPS) is 11.2. The van der Waals surface area contributed by atoms with Crippen LogP contribution in [0.3, 0.4) is 0 Å². The van der Waals surface area contributed by atoms with E-state index in [-0.39, 0.29) is 6.61 Å². The molecule has 0 saturated heterocycles. The van der Waals surface area contributed by atoms with Crippen LogP contribution in [0, 0.1) is 0 Å². The van der Waals surface area contributed by atoms with Crippen LogP contribution in [0.5, 0.6) is 0 Å². The number of hydrogen-bond acceptors (Lipinski definition) is 4. The second-order valence-corrected chi connectivity index (χ2v) is 5.07. The zero-order valence-corrected chi connectivity index (χ0v) is 12.4. The summed E-state index contributed by atoms with van der Waals surface area (Å²) in [4.78, 5) is 14.9. The molecule has 0 aromatic rings. The Balaban J connectivity index is 3.49. The van der Waals surface area contributed by atoms with E-state index in [1.54, 1.807) is 0 Å². The SMILES string of the molecule is [B]C(=O)NCCCCCCN(CCO)CCN(C)C. The van der Waals surface area contributed by atoms with E-state index in [0.29, 0.717) is 6.54 Å². The summed E-state index contributed by atoms with van der Waals surface area (Å²) in [7, 11) is 9.10. The molecule has 19 heavy (non-hydrogen) atoms. The van der Waals surface area contributed by atoms with Gasteiger partial charge in [-0.05, 0) is 33.5 Å². The fraction of sp³-hybridized carbons (Fsp3) is 0.923. The van der Waals surface area contributed by atoms with Crippen LogP contribution in [0.4, 0.5) is 4.79 Å². The summed E-state index contributed by atoms with van der Waals surface area (Å²) < 4.78 is 0. The lowest BCUT2D eigenvalue weighted by Crippen LogP contribution is -2.34. The van der Waals surface area contributed by atoms with Gasteiger partial charge >= 0.3 is 0 Å². The lowest BCUT2D eigenvalue weighted by Gasteiger charge is -2.23. The average Bonchev–Trinajstić information content (AvgIpc) is 2.34. The van der Waals surface area contributed by atoms with Gasteiger partial charge in [-0.15, -0.1) is 0 Å². The molecular weight excluding hydrogens is 241 g/mol. The molecule has 1 amide bonds. The van der Waals surface area contributed by atoms with Crippen LogP contribution < -0.4 is 5.32 Å². The molecule has 0 atom stereocenters. The van der Waals surface area contributed by atoms with Gasteiger partial charge in [-0.2, -0.15) is 0 Å². The molecule has 6 heteroatoms. The van der Waals surface area contributed by atoms with Crippen LogP contribution in [0.25, 0.3) is 0 Å². The van der Waals surface area contributed by atoms with Crippen molar-refractivity contribution in [2.75, 3.05) is 53.4 Å². The first-order valence-corrected chi connectivity index (χ1v) is 7.07. The zero-order valence-electron chi connectivity index (χ0n) is 12.4. The van der Waals surface area contributed by atoms with Crippen LogP contribution in [0.1, 0.15) is 25.7 Å². The molecule has 110 valence electrons. The highest BCUT2D eigenvalue weighted by atomic mass is 16.3. The van der Waals surface area contributed by atoms with Gasteiger partial charge < -0.3 is 15.3 Å². The summed E-state index contributed by atoms with van der Waals surface area (Å²) in [5.41, 5.74) is 0. The predicted octanol–water partition coefficient (Wildman–Crippen LogP) is 0.281. The Hall–Kier alpha value is -0.585. The first kappa shape index (κ1) is 18.4. The van der Waals surface area contributed by atoms with Gasteiger partial charge in [0.25, 0.3) is 0 Å². The molecule has 5 nitrogen and oxygen atoms in total. The highest BCUT2D eigenvalue weighted by Crippen LogP contribution is 2.01. The van der Waals surface area contributed by atoms with Crippen LogP contribution in [-0.2, 0) is 0 Å². The van der Waals surface area contributed by atoms with Crippen molar-refractivity contribution in [1.82, 2.24) is 15.1 Å². The van der Waals surface area contributed by atoms with E-state index in [0.717, 1.165) is 51.9 Å². The third kappa shape index (κ3) is 13.6.